The van der Waals surface area contributed by atoms with Crippen LogP contribution < -0.4 is 14.2 Å². The summed E-state index contributed by atoms with van der Waals surface area (Å²) in [6.45, 7) is 8.74. The molecule has 0 bridgehead atoms. The van der Waals surface area contributed by atoms with Crippen LogP contribution in [0.25, 0.3) is 0 Å². The summed E-state index contributed by atoms with van der Waals surface area (Å²) >= 11 is 0. The average molecular weight is 345 g/mol. The van der Waals surface area contributed by atoms with Crippen LogP contribution in [-0.4, -0.2) is 14.2 Å². The van der Waals surface area contributed by atoms with E-state index in [0.29, 0.717) is 5.76 Å². The molecule has 126 valence electrons. The third-order valence-corrected chi connectivity index (χ3v) is 3.91. The number of ether oxygens (including phenoxy) is 1. The third-order valence-electron chi connectivity index (χ3n) is 2.83. The Balaban J connectivity index is 2.31. The van der Waals surface area contributed by atoms with E-state index in [1.165, 1.54) is 12.1 Å². The van der Waals surface area contributed by atoms with Crippen LogP contribution in [0.2, 0.25) is 0 Å². The minimum atomic E-state index is -3.76. The van der Waals surface area contributed by atoms with Crippen molar-refractivity contribution in [3.8, 4) is 11.5 Å². The first kappa shape index (κ1) is 17.6. The maximum absolute atomic E-state index is 11.8. The Hall–Kier alpha value is -2.73. The fraction of sp³-hybridized carbons (Fsp3) is 0.111. The van der Waals surface area contributed by atoms with Crippen LogP contribution in [0.3, 0.4) is 0 Å². The molecule has 0 aliphatic rings. The molecular formula is C18H19NO4S. The number of allylic oxidation sites excluding steroid dienone is 1. The number of hydrogen-bond acceptors (Lipinski definition) is 5. The summed E-state index contributed by atoms with van der Waals surface area (Å²) < 4.78 is 34.2. The lowest BCUT2D eigenvalue weighted by Gasteiger charge is -2.14. The molecule has 0 unspecified atom stereocenters. The number of nitrogens with one attached hydrogen (secondary N) is 1. The molecule has 5 nitrogen and oxygen atoms in total. The van der Waals surface area contributed by atoms with Gasteiger partial charge in [0.05, 0.1) is 5.76 Å². The minimum absolute atomic E-state index is 0.0958. The van der Waals surface area contributed by atoms with Crippen molar-refractivity contribution in [3.63, 3.8) is 0 Å². The molecule has 24 heavy (non-hydrogen) atoms. The van der Waals surface area contributed by atoms with Crippen molar-refractivity contribution < 1.29 is 17.3 Å². The highest BCUT2D eigenvalue weighted by molar-refractivity contribution is 7.87. The van der Waals surface area contributed by atoms with E-state index in [0.717, 1.165) is 11.4 Å². The lowest BCUT2D eigenvalue weighted by atomic mass is 10.2. The molecule has 0 aromatic heterocycles. The maximum atomic E-state index is 11.8. The van der Waals surface area contributed by atoms with Crippen molar-refractivity contribution >= 4 is 21.5 Å². The fourth-order valence-corrected chi connectivity index (χ4v) is 2.69. The van der Waals surface area contributed by atoms with Gasteiger partial charge in [-0.15, -0.1) is 6.58 Å². The van der Waals surface area contributed by atoms with Crippen LogP contribution in [0.4, 0.5) is 11.4 Å². The predicted molar refractivity (Wildman–Crippen MR) is 96.2 cm³/mol. The van der Waals surface area contributed by atoms with Crippen molar-refractivity contribution in [1.29, 1.82) is 0 Å². The average Bonchev–Trinajstić information content (AvgIpc) is 2.50. The summed E-state index contributed by atoms with van der Waals surface area (Å²) in [7, 11) is -3.76. The quantitative estimate of drug-likeness (QED) is 0.440. The summed E-state index contributed by atoms with van der Waals surface area (Å²) in [4.78, 5) is 0. The molecule has 0 saturated carbocycles. The first-order chi connectivity index (χ1) is 11.4. The molecule has 0 aliphatic carbocycles. The molecule has 0 atom stereocenters. The van der Waals surface area contributed by atoms with E-state index in [-0.39, 0.29) is 17.3 Å². The van der Waals surface area contributed by atoms with E-state index >= 15 is 0 Å². The van der Waals surface area contributed by atoms with Crippen molar-refractivity contribution in [3.05, 3.63) is 73.5 Å². The molecule has 2 aromatic carbocycles. The molecule has 2 aromatic rings. The first-order valence-corrected chi connectivity index (χ1v) is 8.80. The van der Waals surface area contributed by atoms with Crippen molar-refractivity contribution in [2.75, 3.05) is 11.1 Å². The second-order valence-corrected chi connectivity index (χ2v) is 6.67. The summed E-state index contributed by atoms with van der Waals surface area (Å²) in [5.74, 6) is 0.483. The molecule has 0 radical (unpaired) electrons. The largest absolute Gasteiger partial charge is 0.459 e. The molecule has 2 rings (SSSR count). The van der Waals surface area contributed by atoms with Crippen molar-refractivity contribution in [1.82, 2.24) is 0 Å². The van der Waals surface area contributed by atoms with Crippen LogP contribution in [0.5, 0.6) is 11.5 Å². The zero-order chi connectivity index (χ0) is 17.6. The van der Waals surface area contributed by atoms with Gasteiger partial charge in [-0.25, -0.2) is 0 Å². The highest BCUT2D eigenvalue weighted by atomic mass is 32.2. The Labute approximate surface area is 142 Å². The van der Waals surface area contributed by atoms with Gasteiger partial charge in [-0.05, 0) is 31.2 Å². The second-order valence-electron chi connectivity index (χ2n) is 5.05. The summed E-state index contributed by atoms with van der Waals surface area (Å²) in [5, 5.41) is 3.20. The van der Waals surface area contributed by atoms with E-state index in [4.69, 9.17) is 8.92 Å². The molecule has 0 spiro atoms. The third kappa shape index (κ3) is 5.17. The van der Waals surface area contributed by atoms with Gasteiger partial charge in [0.15, 0.2) is 11.5 Å². The van der Waals surface area contributed by atoms with Crippen LogP contribution >= 0.6 is 0 Å². The Morgan fingerprint density at radius 1 is 1.12 bits per heavy atom. The Morgan fingerprint density at radius 3 is 2.46 bits per heavy atom. The molecular weight excluding hydrogens is 326 g/mol. The molecule has 0 aliphatic heterocycles. The highest BCUT2D eigenvalue weighted by Gasteiger charge is 2.16. The van der Waals surface area contributed by atoms with Gasteiger partial charge >= 0.3 is 10.1 Å². The normalized spacial score (nSPS) is 10.7. The van der Waals surface area contributed by atoms with Crippen LogP contribution in [0.1, 0.15) is 6.92 Å². The molecule has 6 heteroatoms. The monoisotopic (exact) mass is 345 g/mol. The minimum Gasteiger partial charge on any atom is -0.459 e. The van der Waals surface area contributed by atoms with Crippen molar-refractivity contribution in [2.24, 2.45) is 0 Å². The Bertz CT molecular complexity index is 829. The summed E-state index contributed by atoms with van der Waals surface area (Å²) in [5.41, 5.74) is 1.62. The topological polar surface area (TPSA) is 64.6 Å². The van der Waals surface area contributed by atoms with Gasteiger partial charge < -0.3 is 14.2 Å². The number of benzene rings is 2. The predicted octanol–water partition coefficient (Wildman–Crippen LogP) is 4.24. The van der Waals surface area contributed by atoms with Gasteiger partial charge in [-0.3, -0.25) is 0 Å². The zero-order valence-corrected chi connectivity index (χ0v) is 14.2. The van der Waals surface area contributed by atoms with E-state index in [1.54, 1.807) is 19.1 Å². The van der Waals surface area contributed by atoms with Crippen LogP contribution in [0.15, 0.2) is 73.5 Å². The summed E-state index contributed by atoms with van der Waals surface area (Å²) in [6, 6.07) is 14.5. The highest BCUT2D eigenvalue weighted by Crippen LogP contribution is 2.33. The van der Waals surface area contributed by atoms with Crippen LogP contribution in [-0.2, 0) is 10.1 Å². The lowest BCUT2D eigenvalue weighted by molar-refractivity contribution is 0.404. The van der Waals surface area contributed by atoms with Gasteiger partial charge in [0.2, 0.25) is 0 Å². The Kier molecular flexibility index (Phi) is 5.65. The molecule has 0 fully saturated rings. The van der Waals surface area contributed by atoms with Crippen LogP contribution in [0, 0.1) is 0 Å². The SMILES string of the molecule is C=CCS(=O)(=O)Oc1ccc(Nc2ccccc2)cc1OC(=C)C. The van der Waals surface area contributed by atoms with E-state index in [2.05, 4.69) is 18.5 Å². The molecule has 0 saturated heterocycles. The number of rotatable bonds is 8. The zero-order valence-electron chi connectivity index (χ0n) is 13.4. The van der Waals surface area contributed by atoms with Gasteiger partial charge in [-0.1, -0.05) is 30.9 Å². The Morgan fingerprint density at radius 2 is 1.83 bits per heavy atom. The van der Waals surface area contributed by atoms with Crippen molar-refractivity contribution in [2.45, 2.75) is 6.92 Å². The fourth-order valence-electron chi connectivity index (χ4n) is 1.93. The second kappa shape index (κ2) is 7.70. The standard InChI is InChI=1S/C18H19NO4S/c1-4-12-24(20,21)23-17-11-10-16(13-18(17)22-14(2)3)19-15-8-6-5-7-9-15/h4-11,13,19H,1-2,12H2,3H3. The molecule has 1 N–H and O–H groups in total. The maximum Gasteiger partial charge on any atom is 0.312 e. The van der Waals surface area contributed by atoms with Gasteiger partial charge in [0.25, 0.3) is 0 Å². The molecule has 0 heterocycles. The summed E-state index contributed by atoms with van der Waals surface area (Å²) in [6.07, 6.45) is 1.26. The van der Waals surface area contributed by atoms with Gasteiger partial charge in [0, 0.05) is 17.4 Å². The number of hydrogen-bond donors (Lipinski definition) is 1. The van der Waals surface area contributed by atoms with E-state index in [9.17, 15) is 8.42 Å². The smallest absolute Gasteiger partial charge is 0.312 e. The number of anilines is 2. The van der Waals surface area contributed by atoms with E-state index in [1.807, 2.05) is 30.3 Å². The first-order valence-electron chi connectivity index (χ1n) is 7.22. The number of para-hydroxylation sites is 1. The lowest BCUT2D eigenvalue weighted by Crippen LogP contribution is -2.12. The van der Waals surface area contributed by atoms with Gasteiger partial charge in [0.1, 0.15) is 5.75 Å². The van der Waals surface area contributed by atoms with Gasteiger partial charge in [-0.2, -0.15) is 8.42 Å². The molecule has 0 amide bonds. The van der Waals surface area contributed by atoms with E-state index < -0.39 is 10.1 Å².